The van der Waals surface area contributed by atoms with Crippen LogP contribution in [0, 0.1) is 5.41 Å². The minimum absolute atomic E-state index is 0.280. The van der Waals surface area contributed by atoms with Crippen LogP contribution in [-0.2, 0) is 13.0 Å². The Morgan fingerprint density at radius 2 is 1.83 bits per heavy atom. The molecule has 0 saturated carbocycles. The molecular formula is C21H22N2. The van der Waals surface area contributed by atoms with E-state index in [1.165, 1.54) is 22.2 Å². The number of allylic oxidation sites excluding steroid dienone is 1. The molecule has 0 N–H and O–H groups in total. The Kier molecular flexibility index (Phi) is 3.15. The van der Waals surface area contributed by atoms with Crippen LogP contribution in [0.3, 0.4) is 0 Å². The Labute approximate surface area is 137 Å². The summed E-state index contributed by atoms with van der Waals surface area (Å²) in [5.74, 6) is 1.07. The SMILES string of the molecule is CC(C)(C)Cc1ccc2nc(-c3ccccc3)n3c2c1C=CC3. The number of imidazole rings is 1. The van der Waals surface area contributed by atoms with E-state index in [1.807, 2.05) is 0 Å². The average Bonchev–Trinajstić information content (AvgIpc) is 2.90. The van der Waals surface area contributed by atoms with Crippen LogP contribution in [0.15, 0.2) is 48.5 Å². The van der Waals surface area contributed by atoms with Gasteiger partial charge in [-0.05, 0) is 23.5 Å². The molecule has 0 atom stereocenters. The number of hydrogen-bond acceptors (Lipinski definition) is 1. The first-order chi connectivity index (χ1) is 11.0. The lowest BCUT2D eigenvalue weighted by atomic mass is 9.85. The van der Waals surface area contributed by atoms with Crippen molar-refractivity contribution in [1.29, 1.82) is 0 Å². The van der Waals surface area contributed by atoms with Gasteiger partial charge < -0.3 is 4.57 Å². The van der Waals surface area contributed by atoms with Crippen molar-refractivity contribution in [3.8, 4) is 11.4 Å². The maximum atomic E-state index is 4.92. The Bertz CT molecular complexity index is 893. The fraction of sp³-hybridized carbons (Fsp3) is 0.286. The van der Waals surface area contributed by atoms with Gasteiger partial charge in [-0.3, -0.25) is 0 Å². The first-order valence-electron chi connectivity index (χ1n) is 8.27. The molecule has 0 fully saturated rings. The molecule has 0 saturated heterocycles. The minimum Gasteiger partial charge on any atom is -0.320 e. The van der Waals surface area contributed by atoms with Crippen LogP contribution in [0.1, 0.15) is 31.9 Å². The molecule has 0 amide bonds. The van der Waals surface area contributed by atoms with Crippen molar-refractivity contribution in [3.05, 3.63) is 59.7 Å². The van der Waals surface area contributed by atoms with Crippen LogP contribution in [0.5, 0.6) is 0 Å². The zero-order chi connectivity index (χ0) is 16.0. The molecule has 4 rings (SSSR count). The van der Waals surface area contributed by atoms with Gasteiger partial charge in [0, 0.05) is 17.7 Å². The molecule has 3 aromatic rings. The number of aromatic nitrogens is 2. The summed E-state index contributed by atoms with van der Waals surface area (Å²) in [5.41, 5.74) is 6.61. The van der Waals surface area contributed by atoms with Crippen molar-refractivity contribution < 1.29 is 0 Å². The maximum absolute atomic E-state index is 4.92. The van der Waals surface area contributed by atoms with Crippen molar-refractivity contribution >= 4 is 17.1 Å². The van der Waals surface area contributed by atoms with E-state index >= 15 is 0 Å². The minimum atomic E-state index is 0.280. The largest absolute Gasteiger partial charge is 0.320 e. The van der Waals surface area contributed by atoms with E-state index in [4.69, 9.17) is 4.98 Å². The molecule has 23 heavy (non-hydrogen) atoms. The van der Waals surface area contributed by atoms with Gasteiger partial charge in [-0.25, -0.2) is 4.98 Å². The Hall–Kier alpha value is -2.35. The van der Waals surface area contributed by atoms with Gasteiger partial charge in [-0.15, -0.1) is 0 Å². The molecule has 0 spiro atoms. The van der Waals surface area contributed by atoms with E-state index in [0.717, 1.165) is 24.3 Å². The van der Waals surface area contributed by atoms with Crippen LogP contribution < -0.4 is 0 Å². The molecule has 0 aliphatic carbocycles. The third-order valence-electron chi connectivity index (χ3n) is 4.36. The summed E-state index contributed by atoms with van der Waals surface area (Å²) < 4.78 is 2.35. The zero-order valence-corrected chi connectivity index (χ0v) is 14.0. The van der Waals surface area contributed by atoms with E-state index in [2.05, 4.69) is 80.0 Å². The summed E-state index contributed by atoms with van der Waals surface area (Å²) in [6.07, 6.45) is 5.61. The lowest BCUT2D eigenvalue weighted by Gasteiger charge is -2.21. The molecule has 0 bridgehead atoms. The third kappa shape index (κ3) is 2.48. The highest BCUT2D eigenvalue weighted by atomic mass is 15.1. The summed E-state index contributed by atoms with van der Waals surface area (Å²) in [4.78, 5) is 4.92. The fourth-order valence-corrected chi connectivity index (χ4v) is 3.47. The van der Waals surface area contributed by atoms with E-state index in [9.17, 15) is 0 Å². The van der Waals surface area contributed by atoms with Crippen LogP contribution in [0.2, 0.25) is 0 Å². The van der Waals surface area contributed by atoms with Crippen molar-refractivity contribution in [2.24, 2.45) is 5.41 Å². The molecule has 2 heteroatoms. The predicted octanol–water partition coefficient (Wildman–Crippen LogP) is 5.32. The lowest BCUT2D eigenvalue weighted by Crippen LogP contribution is -2.12. The van der Waals surface area contributed by atoms with Crippen molar-refractivity contribution in [2.45, 2.75) is 33.7 Å². The van der Waals surface area contributed by atoms with E-state index in [-0.39, 0.29) is 5.41 Å². The summed E-state index contributed by atoms with van der Waals surface area (Å²) in [5, 5.41) is 0. The monoisotopic (exact) mass is 302 g/mol. The van der Waals surface area contributed by atoms with Crippen molar-refractivity contribution in [1.82, 2.24) is 9.55 Å². The van der Waals surface area contributed by atoms with E-state index < -0.39 is 0 Å². The zero-order valence-electron chi connectivity index (χ0n) is 14.0. The summed E-state index contributed by atoms with van der Waals surface area (Å²) in [7, 11) is 0. The fourth-order valence-electron chi connectivity index (χ4n) is 3.47. The van der Waals surface area contributed by atoms with Gasteiger partial charge in [0.1, 0.15) is 5.82 Å². The molecule has 1 aliphatic heterocycles. The molecule has 2 aromatic carbocycles. The van der Waals surface area contributed by atoms with Crippen molar-refractivity contribution in [2.75, 3.05) is 0 Å². The highest BCUT2D eigenvalue weighted by Gasteiger charge is 2.21. The average molecular weight is 302 g/mol. The molecule has 116 valence electrons. The topological polar surface area (TPSA) is 17.8 Å². The van der Waals surface area contributed by atoms with Gasteiger partial charge in [-0.1, -0.05) is 69.3 Å². The highest BCUT2D eigenvalue weighted by Crippen LogP contribution is 2.34. The second-order valence-corrected chi connectivity index (χ2v) is 7.56. The summed E-state index contributed by atoms with van der Waals surface area (Å²) in [6.45, 7) is 7.78. The smallest absolute Gasteiger partial charge is 0.141 e. The Morgan fingerprint density at radius 3 is 2.57 bits per heavy atom. The lowest BCUT2D eigenvalue weighted by molar-refractivity contribution is 0.411. The van der Waals surface area contributed by atoms with Crippen LogP contribution >= 0.6 is 0 Å². The van der Waals surface area contributed by atoms with Gasteiger partial charge in [0.05, 0.1) is 11.0 Å². The second-order valence-electron chi connectivity index (χ2n) is 7.56. The highest BCUT2D eigenvalue weighted by molar-refractivity contribution is 5.91. The summed E-state index contributed by atoms with van der Waals surface area (Å²) >= 11 is 0. The molecular weight excluding hydrogens is 280 g/mol. The number of hydrogen-bond donors (Lipinski definition) is 0. The number of rotatable bonds is 2. The van der Waals surface area contributed by atoms with E-state index in [1.54, 1.807) is 0 Å². The van der Waals surface area contributed by atoms with Gasteiger partial charge in [0.15, 0.2) is 0 Å². The summed E-state index contributed by atoms with van der Waals surface area (Å²) in [6, 6.07) is 14.9. The van der Waals surface area contributed by atoms with Crippen LogP contribution in [0.25, 0.3) is 28.5 Å². The van der Waals surface area contributed by atoms with Gasteiger partial charge in [0.2, 0.25) is 0 Å². The molecule has 1 aromatic heterocycles. The molecule has 2 heterocycles. The second kappa shape index (κ2) is 5.09. The first kappa shape index (κ1) is 14.3. The van der Waals surface area contributed by atoms with Gasteiger partial charge >= 0.3 is 0 Å². The number of nitrogens with zero attached hydrogens (tertiary/aromatic N) is 2. The Morgan fingerprint density at radius 1 is 1.04 bits per heavy atom. The molecule has 0 radical (unpaired) electrons. The first-order valence-corrected chi connectivity index (χ1v) is 8.27. The van der Waals surface area contributed by atoms with Crippen LogP contribution in [-0.4, -0.2) is 9.55 Å². The molecule has 1 aliphatic rings. The maximum Gasteiger partial charge on any atom is 0.141 e. The van der Waals surface area contributed by atoms with Crippen LogP contribution in [0.4, 0.5) is 0 Å². The Balaban J connectivity index is 1.94. The molecule has 0 unspecified atom stereocenters. The predicted molar refractivity (Wildman–Crippen MR) is 97.4 cm³/mol. The van der Waals surface area contributed by atoms with E-state index in [0.29, 0.717) is 0 Å². The standard InChI is InChI=1S/C21H22N2/c1-21(2,3)14-16-11-12-18-19-17(16)10-7-13-23(19)20(22-18)15-8-5-4-6-9-15/h4-12H,13-14H2,1-3H3. The molecule has 2 nitrogen and oxygen atoms in total. The van der Waals surface area contributed by atoms with Gasteiger partial charge in [-0.2, -0.15) is 0 Å². The van der Waals surface area contributed by atoms with Gasteiger partial charge in [0.25, 0.3) is 0 Å². The quantitative estimate of drug-likeness (QED) is 0.626. The number of benzene rings is 2. The third-order valence-corrected chi connectivity index (χ3v) is 4.36. The normalized spacial score (nSPS) is 13.7. The van der Waals surface area contributed by atoms with Crippen molar-refractivity contribution in [3.63, 3.8) is 0 Å².